The van der Waals surface area contributed by atoms with Crippen LogP contribution in [0.4, 0.5) is 0 Å². The van der Waals surface area contributed by atoms with Crippen molar-refractivity contribution in [2.45, 2.75) is 33.6 Å². The van der Waals surface area contributed by atoms with Crippen molar-refractivity contribution in [1.82, 2.24) is 10.2 Å². The molecule has 1 aliphatic heterocycles. The normalized spacial score (nSPS) is 14.1. The van der Waals surface area contributed by atoms with Gasteiger partial charge in [0.1, 0.15) is 0 Å². The summed E-state index contributed by atoms with van der Waals surface area (Å²) in [6.07, 6.45) is 2.06. The molecule has 0 bridgehead atoms. The Morgan fingerprint density at radius 3 is 2.14 bits per heavy atom. The van der Waals surface area contributed by atoms with E-state index < -0.39 is 0 Å². The lowest BCUT2D eigenvalue weighted by molar-refractivity contribution is 0.0773. The molecule has 1 amide bonds. The highest BCUT2D eigenvalue weighted by molar-refractivity contribution is 6.30. The van der Waals surface area contributed by atoms with E-state index in [2.05, 4.69) is 30.4 Å². The molecule has 2 aromatic rings. The molecule has 0 atom stereocenters. The molecule has 4 heteroatoms. The van der Waals surface area contributed by atoms with Gasteiger partial charge in [-0.15, -0.1) is 0 Å². The van der Waals surface area contributed by atoms with Gasteiger partial charge in [0.05, 0.1) is 0 Å². The minimum Gasteiger partial charge on any atom is -0.339 e. The van der Waals surface area contributed by atoms with Gasteiger partial charge in [0, 0.05) is 23.7 Å². The summed E-state index contributed by atoms with van der Waals surface area (Å²) in [6, 6.07) is 14.3. The zero-order valence-electron chi connectivity index (χ0n) is 17.0. The third kappa shape index (κ3) is 4.65. The fourth-order valence-electron chi connectivity index (χ4n) is 3.91. The highest BCUT2D eigenvalue weighted by Gasteiger charge is 2.17. The molecule has 148 valence electrons. The molecule has 28 heavy (non-hydrogen) atoms. The average molecular weight is 397 g/mol. The predicted octanol–water partition coefficient (Wildman–Crippen LogP) is 5.32. The molecule has 1 fully saturated rings. The Balaban J connectivity index is 2.03. The van der Waals surface area contributed by atoms with E-state index in [9.17, 15) is 4.79 Å². The quantitative estimate of drug-likeness (QED) is 0.742. The maximum atomic E-state index is 12.6. The van der Waals surface area contributed by atoms with E-state index in [-0.39, 0.29) is 5.91 Å². The second-order valence-electron chi connectivity index (χ2n) is 7.30. The van der Waals surface area contributed by atoms with Crippen molar-refractivity contribution in [2.75, 3.05) is 26.2 Å². The van der Waals surface area contributed by atoms with Crippen LogP contribution in [0.5, 0.6) is 0 Å². The summed E-state index contributed by atoms with van der Waals surface area (Å²) in [4.78, 5) is 14.5. The topological polar surface area (TPSA) is 32.3 Å². The Kier molecular flexibility index (Phi) is 6.93. The first-order valence-electron chi connectivity index (χ1n) is 10.1. The summed E-state index contributed by atoms with van der Waals surface area (Å²) >= 11 is 6.37. The van der Waals surface area contributed by atoms with Crippen molar-refractivity contribution in [3.05, 3.63) is 75.3 Å². The fourth-order valence-corrected chi connectivity index (χ4v) is 4.20. The number of carbonyl (C=O) groups excluding carboxylic acids is 1. The van der Waals surface area contributed by atoms with Crippen LogP contribution >= 0.6 is 11.6 Å². The molecule has 2 aromatic carbocycles. The lowest BCUT2D eigenvalue weighted by atomic mass is 9.88. The maximum absolute atomic E-state index is 12.6. The number of aryl methyl sites for hydroxylation is 1. The molecule has 0 aromatic heterocycles. The van der Waals surface area contributed by atoms with E-state index in [1.54, 1.807) is 0 Å². The first-order chi connectivity index (χ1) is 13.5. The van der Waals surface area contributed by atoms with E-state index >= 15 is 0 Å². The first kappa shape index (κ1) is 20.6. The summed E-state index contributed by atoms with van der Waals surface area (Å²) in [6.45, 7) is 9.54. The molecule has 1 N–H and O–H groups in total. The van der Waals surface area contributed by atoms with Gasteiger partial charge in [-0.3, -0.25) is 4.79 Å². The molecule has 1 aliphatic rings. The molecule has 0 aliphatic carbocycles. The summed E-state index contributed by atoms with van der Waals surface area (Å²) in [5, 5.41) is 4.19. The summed E-state index contributed by atoms with van der Waals surface area (Å²) in [5.41, 5.74) is 6.91. The Bertz CT molecular complexity index is 838. The van der Waals surface area contributed by atoms with E-state index in [0.717, 1.165) is 66.3 Å². The van der Waals surface area contributed by atoms with Crippen LogP contribution in [0.2, 0.25) is 5.02 Å². The average Bonchev–Trinajstić information content (AvgIpc) is 2.70. The number of hydrogen-bond acceptors (Lipinski definition) is 2. The lowest BCUT2D eigenvalue weighted by Crippen LogP contribution is -2.30. The second-order valence-corrected chi connectivity index (χ2v) is 7.74. The van der Waals surface area contributed by atoms with Gasteiger partial charge in [-0.1, -0.05) is 35.4 Å². The Morgan fingerprint density at radius 2 is 1.57 bits per heavy atom. The number of halogens is 1. The summed E-state index contributed by atoms with van der Waals surface area (Å²) in [7, 11) is 0. The second kappa shape index (κ2) is 9.40. The van der Waals surface area contributed by atoms with Crippen LogP contribution < -0.4 is 5.32 Å². The largest absolute Gasteiger partial charge is 0.339 e. The third-order valence-corrected chi connectivity index (χ3v) is 5.58. The van der Waals surface area contributed by atoms with E-state index in [4.69, 9.17) is 11.6 Å². The van der Waals surface area contributed by atoms with Crippen molar-refractivity contribution in [3.63, 3.8) is 0 Å². The standard InChI is InChI=1S/C24H29ClN2O/c1-4-27(5-2)24(28)20-8-6-18(7-9-20)23(19-10-12-26-13-11-19)21-14-17(3)15-22(25)16-21/h6-9,14-16,26H,4-5,10-13H2,1-3H3. The van der Waals surface area contributed by atoms with Gasteiger partial charge in [-0.25, -0.2) is 0 Å². The SMILES string of the molecule is CCN(CC)C(=O)c1ccc(C(=C2CCNCC2)c2cc(C)cc(Cl)c2)cc1. The molecule has 0 radical (unpaired) electrons. The van der Waals surface area contributed by atoms with Gasteiger partial charge >= 0.3 is 0 Å². The minimum atomic E-state index is 0.0891. The van der Waals surface area contributed by atoms with Gasteiger partial charge in [-0.2, -0.15) is 0 Å². The molecule has 0 saturated carbocycles. The van der Waals surface area contributed by atoms with Gasteiger partial charge in [-0.05, 0) is 93.2 Å². The third-order valence-electron chi connectivity index (χ3n) is 5.36. The van der Waals surface area contributed by atoms with Gasteiger partial charge in [0.2, 0.25) is 0 Å². The van der Waals surface area contributed by atoms with Gasteiger partial charge in [0.15, 0.2) is 0 Å². The number of benzene rings is 2. The van der Waals surface area contributed by atoms with Crippen LogP contribution in [0.25, 0.3) is 5.57 Å². The first-order valence-corrected chi connectivity index (χ1v) is 10.5. The highest BCUT2D eigenvalue weighted by atomic mass is 35.5. The number of nitrogens with one attached hydrogen (secondary N) is 1. The zero-order chi connectivity index (χ0) is 20.1. The summed E-state index contributed by atoms with van der Waals surface area (Å²) < 4.78 is 0. The highest BCUT2D eigenvalue weighted by Crippen LogP contribution is 2.33. The maximum Gasteiger partial charge on any atom is 0.253 e. The van der Waals surface area contributed by atoms with Gasteiger partial charge in [0.25, 0.3) is 5.91 Å². The Labute approximate surface area is 173 Å². The molecule has 3 nitrogen and oxygen atoms in total. The van der Waals surface area contributed by atoms with Crippen molar-refractivity contribution in [3.8, 4) is 0 Å². The molecule has 0 unspecified atom stereocenters. The van der Waals surface area contributed by atoms with Crippen LogP contribution in [0, 0.1) is 6.92 Å². The molecule has 3 rings (SSSR count). The van der Waals surface area contributed by atoms with Crippen LogP contribution in [-0.4, -0.2) is 37.0 Å². The van der Waals surface area contributed by atoms with Crippen molar-refractivity contribution in [1.29, 1.82) is 0 Å². The lowest BCUT2D eigenvalue weighted by Gasteiger charge is -2.22. The van der Waals surface area contributed by atoms with Crippen molar-refractivity contribution >= 4 is 23.1 Å². The number of carbonyl (C=O) groups is 1. The number of nitrogens with zero attached hydrogens (tertiary/aromatic N) is 1. The van der Waals surface area contributed by atoms with Crippen LogP contribution in [-0.2, 0) is 0 Å². The Hall–Kier alpha value is -2.10. The smallest absolute Gasteiger partial charge is 0.253 e. The molecule has 0 spiro atoms. The van der Waals surface area contributed by atoms with Crippen LogP contribution in [0.3, 0.4) is 0 Å². The predicted molar refractivity (Wildman–Crippen MR) is 118 cm³/mol. The number of hydrogen-bond donors (Lipinski definition) is 1. The van der Waals surface area contributed by atoms with Gasteiger partial charge < -0.3 is 10.2 Å². The molecule has 1 heterocycles. The number of amides is 1. The van der Waals surface area contributed by atoms with Crippen LogP contribution in [0.15, 0.2) is 48.0 Å². The molecule has 1 saturated heterocycles. The summed E-state index contributed by atoms with van der Waals surface area (Å²) in [5.74, 6) is 0.0891. The van der Waals surface area contributed by atoms with Crippen molar-refractivity contribution < 1.29 is 4.79 Å². The fraction of sp³-hybridized carbons (Fsp3) is 0.375. The molecular weight excluding hydrogens is 368 g/mol. The van der Waals surface area contributed by atoms with Crippen molar-refractivity contribution in [2.24, 2.45) is 0 Å². The molecular formula is C24H29ClN2O. The number of piperidine rings is 1. The van der Waals surface area contributed by atoms with Crippen LogP contribution in [0.1, 0.15) is 53.7 Å². The minimum absolute atomic E-state index is 0.0891. The van der Waals surface area contributed by atoms with E-state index in [1.165, 1.54) is 11.1 Å². The zero-order valence-corrected chi connectivity index (χ0v) is 17.8. The Morgan fingerprint density at radius 1 is 0.964 bits per heavy atom. The monoisotopic (exact) mass is 396 g/mol. The van der Waals surface area contributed by atoms with E-state index in [0.29, 0.717) is 0 Å². The van der Waals surface area contributed by atoms with E-state index in [1.807, 2.05) is 43.0 Å². The number of rotatable bonds is 5.